The van der Waals surface area contributed by atoms with E-state index in [1.54, 1.807) is 16.8 Å². The SMILES string of the molecule is Cc1ncsc1-c1ccc(CNC(=O)[C@@H]2C[C@@H](O)CN2C(=O)[C@@H](NC(=O)COCCOCCOCCOCCOCCNC(=O)CCC(C)(C)C(=O)O[C@H]2C[C@@H](C)C=C3C=C[C@H](C)[C@H](CC[C@@H]4C[C@@H](O)CC(=O)O4)[C@H]32)C(C)(C)C)cc1. The number of hydrogen-bond donors (Lipinski definition) is 5. The van der Waals surface area contributed by atoms with Gasteiger partial charge in [-0.1, -0.05) is 77.1 Å². The van der Waals surface area contributed by atoms with Gasteiger partial charge in [-0.3, -0.25) is 28.8 Å². The van der Waals surface area contributed by atoms with Crippen molar-refractivity contribution in [1.82, 2.24) is 25.8 Å². The summed E-state index contributed by atoms with van der Waals surface area (Å²) in [5.41, 5.74) is 4.25. The van der Waals surface area contributed by atoms with Gasteiger partial charge in [0.1, 0.15) is 30.9 Å². The number of cyclic esters (lactones) is 1. The van der Waals surface area contributed by atoms with Crippen LogP contribution in [0.1, 0.15) is 111 Å². The molecule has 2 aromatic rings. The lowest BCUT2D eigenvalue weighted by atomic mass is 9.65. The molecular formula is C60H89N5O15S. The highest BCUT2D eigenvalue weighted by Gasteiger charge is 2.46. The molecule has 1 aromatic heterocycles. The van der Waals surface area contributed by atoms with Crippen LogP contribution in [0.15, 0.2) is 53.6 Å². The van der Waals surface area contributed by atoms with Crippen LogP contribution in [-0.4, -0.2) is 171 Å². The number of fused-ring (bicyclic) bond motifs is 1. The molecule has 5 N–H and O–H groups in total. The Bertz CT molecular complexity index is 2440. The number of nitrogens with one attached hydrogen (secondary N) is 3. The van der Waals surface area contributed by atoms with Crippen molar-refractivity contribution in [2.45, 2.75) is 150 Å². The van der Waals surface area contributed by atoms with Gasteiger partial charge in [-0.15, -0.1) is 11.3 Å². The van der Waals surface area contributed by atoms with Gasteiger partial charge in [0.2, 0.25) is 23.6 Å². The second-order valence-corrected chi connectivity index (χ2v) is 24.5. The van der Waals surface area contributed by atoms with Gasteiger partial charge in [0, 0.05) is 44.8 Å². The van der Waals surface area contributed by atoms with E-state index in [9.17, 15) is 39.0 Å². The third-order valence-corrected chi connectivity index (χ3v) is 16.4. The van der Waals surface area contributed by atoms with Gasteiger partial charge < -0.3 is 64.2 Å². The number of allylic oxidation sites excluding steroid dienone is 3. The lowest BCUT2D eigenvalue weighted by Gasteiger charge is -2.44. The Hall–Kier alpha value is -5.13. The Balaban J connectivity index is 0.758. The minimum Gasteiger partial charge on any atom is -0.462 e. The summed E-state index contributed by atoms with van der Waals surface area (Å²) in [6.07, 6.45) is 7.54. The number of ether oxygens (including phenoxy) is 7. The standard InChI is InChI=1S/C60H89N5O15S/c1-38-29-43-12-9-39(2)47(16-15-46-31-44(66)33-52(70)79-46)53(43)49(30-38)80-58(73)60(7,8)18-17-50(68)61-19-20-74-21-22-75-23-24-76-25-26-77-27-28-78-36-51(69)64-55(59(4,5)6)57(72)65-35-45(67)32-48(65)56(71)62-34-41-10-13-42(14-11-41)54-40(3)63-37-81-54/h9-14,29,37-39,44-49,53,55,66-67H,15-28,30-36H2,1-8H3,(H,61,68)(H,62,71)(H,64,69)/t38-,39-,44+,45+,46+,47-,48-,49-,53-,55+/m0/s1. The molecule has 10 atom stereocenters. The average Bonchev–Trinajstić information content (AvgIpc) is 4.13. The second-order valence-electron chi connectivity index (χ2n) is 23.7. The van der Waals surface area contributed by atoms with E-state index in [4.69, 9.17) is 33.2 Å². The van der Waals surface area contributed by atoms with Crippen LogP contribution in [0.5, 0.6) is 0 Å². The molecule has 20 nitrogen and oxygen atoms in total. The third-order valence-electron chi connectivity index (χ3n) is 15.4. The maximum Gasteiger partial charge on any atom is 0.311 e. The first kappa shape index (κ1) is 65.0. The zero-order chi connectivity index (χ0) is 58.7. The first-order valence-electron chi connectivity index (χ1n) is 28.8. The summed E-state index contributed by atoms with van der Waals surface area (Å²) < 4.78 is 39.7. The summed E-state index contributed by atoms with van der Waals surface area (Å²) in [4.78, 5) is 85.6. The number of rotatable bonds is 31. The number of β-amino-alcohol motifs (C(OH)–C–C–N with tert-alkyl or cyclic N) is 1. The van der Waals surface area contributed by atoms with Crippen molar-refractivity contribution in [2.24, 2.45) is 34.5 Å². The highest BCUT2D eigenvalue weighted by atomic mass is 32.1. The highest BCUT2D eigenvalue weighted by molar-refractivity contribution is 7.13. The molecule has 4 amide bonds. The molecule has 1 aromatic carbocycles. The number of aliphatic hydroxyl groups is 2. The number of benzene rings is 1. The Morgan fingerprint density at radius 3 is 2.11 bits per heavy atom. The zero-order valence-electron chi connectivity index (χ0n) is 48.7. The maximum atomic E-state index is 13.9. The van der Waals surface area contributed by atoms with Crippen molar-refractivity contribution in [3.8, 4) is 10.4 Å². The molecule has 3 heterocycles. The Labute approximate surface area is 481 Å². The molecule has 6 rings (SSSR count). The molecule has 2 aliphatic heterocycles. The summed E-state index contributed by atoms with van der Waals surface area (Å²) >= 11 is 1.57. The van der Waals surface area contributed by atoms with Crippen molar-refractivity contribution in [2.75, 3.05) is 79.2 Å². The quantitative estimate of drug-likeness (QED) is 0.0468. The minimum atomic E-state index is -0.981. The van der Waals surface area contributed by atoms with E-state index >= 15 is 0 Å². The number of carbonyl (C=O) groups excluding carboxylic acids is 6. The van der Waals surface area contributed by atoms with Crippen LogP contribution < -0.4 is 16.0 Å². The summed E-state index contributed by atoms with van der Waals surface area (Å²) in [6.45, 7) is 18.2. The van der Waals surface area contributed by atoms with Crippen molar-refractivity contribution >= 4 is 46.9 Å². The first-order chi connectivity index (χ1) is 38.6. The largest absolute Gasteiger partial charge is 0.462 e. The molecule has 0 bridgehead atoms. The fourth-order valence-corrected chi connectivity index (χ4v) is 11.7. The van der Waals surface area contributed by atoms with Crippen LogP contribution in [0.3, 0.4) is 0 Å². The van der Waals surface area contributed by atoms with Gasteiger partial charge in [0.15, 0.2) is 0 Å². The number of nitrogens with zero attached hydrogens (tertiary/aromatic N) is 2. The highest BCUT2D eigenvalue weighted by Crippen LogP contribution is 2.46. The number of hydrogen-bond acceptors (Lipinski definition) is 17. The molecule has 81 heavy (non-hydrogen) atoms. The number of aromatic nitrogens is 1. The molecular weight excluding hydrogens is 1060 g/mol. The molecule has 0 radical (unpaired) electrons. The Morgan fingerprint density at radius 2 is 1.48 bits per heavy atom. The topological polar surface area (TPSA) is 260 Å². The van der Waals surface area contributed by atoms with Crippen LogP contribution in [0.25, 0.3) is 10.4 Å². The van der Waals surface area contributed by atoms with Crippen LogP contribution in [0.4, 0.5) is 0 Å². The van der Waals surface area contributed by atoms with Gasteiger partial charge in [-0.25, -0.2) is 4.98 Å². The lowest BCUT2D eigenvalue weighted by Crippen LogP contribution is -2.58. The van der Waals surface area contributed by atoms with E-state index in [1.807, 2.05) is 65.8 Å². The monoisotopic (exact) mass is 1150 g/mol. The summed E-state index contributed by atoms with van der Waals surface area (Å²) in [5.74, 6) is -1.58. The molecule has 2 saturated heterocycles. The fraction of sp³-hybridized carbons (Fsp3) is 0.683. The van der Waals surface area contributed by atoms with Gasteiger partial charge in [-0.05, 0) is 86.3 Å². The van der Waals surface area contributed by atoms with Crippen molar-refractivity contribution in [1.29, 1.82) is 0 Å². The van der Waals surface area contributed by atoms with Crippen molar-refractivity contribution < 1.29 is 72.1 Å². The summed E-state index contributed by atoms with van der Waals surface area (Å²) in [6, 6.07) is 5.96. The normalized spacial score (nSPS) is 24.2. The number of carbonyl (C=O) groups is 6. The van der Waals surface area contributed by atoms with E-state index in [0.717, 1.165) is 28.1 Å². The predicted molar refractivity (Wildman–Crippen MR) is 303 cm³/mol. The van der Waals surface area contributed by atoms with E-state index in [-0.39, 0.29) is 112 Å². The maximum absolute atomic E-state index is 13.9. The van der Waals surface area contributed by atoms with E-state index in [0.29, 0.717) is 78.5 Å². The second kappa shape index (κ2) is 31.5. The van der Waals surface area contributed by atoms with Crippen molar-refractivity contribution in [3.05, 3.63) is 64.8 Å². The van der Waals surface area contributed by atoms with Crippen LogP contribution >= 0.6 is 11.3 Å². The molecule has 0 saturated carbocycles. The number of aliphatic hydroxyl groups excluding tert-OH is 2. The average molecular weight is 1150 g/mol. The van der Waals surface area contributed by atoms with E-state index in [1.165, 1.54) is 10.5 Å². The molecule has 4 aliphatic rings. The van der Waals surface area contributed by atoms with Crippen LogP contribution in [-0.2, 0) is 68.5 Å². The molecule has 0 spiro atoms. The van der Waals surface area contributed by atoms with Gasteiger partial charge >= 0.3 is 11.9 Å². The Morgan fingerprint density at radius 1 is 0.827 bits per heavy atom. The number of thiazole rings is 1. The fourth-order valence-electron chi connectivity index (χ4n) is 10.8. The molecule has 450 valence electrons. The number of aryl methyl sites for hydroxylation is 1. The molecule has 0 unspecified atom stereocenters. The van der Waals surface area contributed by atoms with Gasteiger partial charge in [0.05, 0.1) is 99.6 Å². The summed E-state index contributed by atoms with van der Waals surface area (Å²) in [7, 11) is 0. The number of amides is 4. The van der Waals surface area contributed by atoms with Gasteiger partial charge in [0.25, 0.3) is 0 Å². The van der Waals surface area contributed by atoms with Crippen LogP contribution in [0, 0.1) is 41.4 Å². The van der Waals surface area contributed by atoms with Crippen LogP contribution in [0.2, 0.25) is 0 Å². The van der Waals surface area contributed by atoms with E-state index in [2.05, 4.69) is 53.0 Å². The zero-order valence-corrected chi connectivity index (χ0v) is 49.6. The smallest absolute Gasteiger partial charge is 0.311 e. The predicted octanol–water partition coefficient (Wildman–Crippen LogP) is 5.40. The first-order valence-corrected chi connectivity index (χ1v) is 29.7. The van der Waals surface area contributed by atoms with Gasteiger partial charge in [-0.2, -0.15) is 0 Å². The van der Waals surface area contributed by atoms with E-state index < -0.39 is 46.9 Å². The molecule has 21 heteroatoms. The molecule has 2 aliphatic carbocycles. The molecule has 2 fully saturated rings. The summed E-state index contributed by atoms with van der Waals surface area (Å²) in [5, 5.41) is 29.3. The Kier molecular flexibility index (Phi) is 25.3. The minimum absolute atomic E-state index is 0.00540. The number of likely N-dealkylation sites (tertiary alicyclic amines) is 1. The van der Waals surface area contributed by atoms with Crippen molar-refractivity contribution in [3.63, 3.8) is 0 Å². The number of esters is 2. The third kappa shape index (κ3) is 20.3. The lowest BCUT2D eigenvalue weighted by molar-refractivity contribution is -0.166.